The highest BCUT2D eigenvalue weighted by molar-refractivity contribution is 5.94. The Hall–Kier alpha value is -3.73. The standard InChI is InChI=1S/C26H26N4O/c1-17-7-8-19(3)24(12-17)30-25(26(31)28-16-21-6-5-11-27-15-21)14-23(29-30)22-10-9-18(2)20(4)13-22/h5-15H,16H2,1-4H3,(H,28,31). The predicted octanol–water partition coefficient (Wildman–Crippen LogP) is 5.10. The minimum absolute atomic E-state index is 0.174. The highest BCUT2D eigenvalue weighted by Crippen LogP contribution is 2.25. The molecule has 0 saturated heterocycles. The number of aryl methyl sites for hydroxylation is 4. The molecule has 0 aliphatic heterocycles. The van der Waals surface area contributed by atoms with Crippen LogP contribution in [0.25, 0.3) is 16.9 Å². The van der Waals surface area contributed by atoms with Crippen LogP contribution in [0.1, 0.15) is 38.3 Å². The van der Waals surface area contributed by atoms with Gasteiger partial charge in [-0.05, 0) is 79.8 Å². The van der Waals surface area contributed by atoms with E-state index in [4.69, 9.17) is 5.10 Å². The molecule has 0 radical (unpaired) electrons. The van der Waals surface area contributed by atoms with E-state index in [1.165, 1.54) is 11.1 Å². The fourth-order valence-corrected chi connectivity index (χ4v) is 3.49. The number of hydrogen-bond acceptors (Lipinski definition) is 3. The van der Waals surface area contributed by atoms with Gasteiger partial charge in [0.2, 0.25) is 0 Å². The molecule has 1 amide bonds. The monoisotopic (exact) mass is 410 g/mol. The summed E-state index contributed by atoms with van der Waals surface area (Å²) in [6.07, 6.45) is 3.47. The molecule has 5 nitrogen and oxygen atoms in total. The molecule has 0 unspecified atom stereocenters. The first-order valence-electron chi connectivity index (χ1n) is 10.3. The summed E-state index contributed by atoms with van der Waals surface area (Å²) in [7, 11) is 0. The van der Waals surface area contributed by atoms with Crippen LogP contribution in [0.3, 0.4) is 0 Å². The summed E-state index contributed by atoms with van der Waals surface area (Å²) in [5.74, 6) is -0.174. The third-order valence-corrected chi connectivity index (χ3v) is 5.51. The zero-order valence-corrected chi connectivity index (χ0v) is 18.3. The third kappa shape index (κ3) is 4.40. The number of nitrogens with zero attached hydrogens (tertiary/aromatic N) is 3. The van der Waals surface area contributed by atoms with E-state index in [0.29, 0.717) is 12.2 Å². The molecule has 0 atom stereocenters. The Morgan fingerprint density at radius 2 is 1.74 bits per heavy atom. The number of hydrogen-bond donors (Lipinski definition) is 1. The molecule has 0 spiro atoms. The highest BCUT2D eigenvalue weighted by atomic mass is 16.2. The first kappa shape index (κ1) is 20.5. The average Bonchev–Trinajstić information content (AvgIpc) is 3.22. The minimum Gasteiger partial charge on any atom is -0.347 e. The Morgan fingerprint density at radius 1 is 0.935 bits per heavy atom. The second-order valence-electron chi connectivity index (χ2n) is 7.96. The maximum atomic E-state index is 13.2. The van der Waals surface area contributed by atoms with Gasteiger partial charge < -0.3 is 5.32 Å². The minimum atomic E-state index is -0.174. The zero-order chi connectivity index (χ0) is 22.0. The quantitative estimate of drug-likeness (QED) is 0.498. The lowest BCUT2D eigenvalue weighted by Gasteiger charge is -2.11. The number of pyridine rings is 1. The molecule has 2 aromatic heterocycles. The molecule has 156 valence electrons. The van der Waals surface area contributed by atoms with E-state index in [9.17, 15) is 4.79 Å². The van der Waals surface area contributed by atoms with Gasteiger partial charge in [0, 0.05) is 24.5 Å². The molecule has 0 fully saturated rings. The van der Waals surface area contributed by atoms with Crippen molar-refractivity contribution in [2.75, 3.05) is 0 Å². The number of rotatable bonds is 5. The largest absolute Gasteiger partial charge is 0.347 e. The second-order valence-corrected chi connectivity index (χ2v) is 7.96. The number of nitrogens with one attached hydrogen (secondary N) is 1. The maximum Gasteiger partial charge on any atom is 0.270 e. The van der Waals surface area contributed by atoms with Crippen LogP contribution in [-0.4, -0.2) is 20.7 Å². The summed E-state index contributed by atoms with van der Waals surface area (Å²) in [6.45, 7) is 8.65. The van der Waals surface area contributed by atoms with Crippen LogP contribution >= 0.6 is 0 Å². The van der Waals surface area contributed by atoms with Gasteiger partial charge >= 0.3 is 0 Å². The first-order valence-corrected chi connectivity index (χ1v) is 10.3. The van der Waals surface area contributed by atoms with E-state index in [-0.39, 0.29) is 5.91 Å². The Kier molecular flexibility index (Phi) is 5.67. The van der Waals surface area contributed by atoms with Gasteiger partial charge in [-0.15, -0.1) is 0 Å². The summed E-state index contributed by atoms with van der Waals surface area (Å²) >= 11 is 0. The number of benzene rings is 2. The normalized spacial score (nSPS) is 10.8. The number of carbonyl (C=O) groups is 1. The molecule has 0 aliphatic rings. The molecule has 0 aliphatic carbocycles. The fraction of sp³-hybridized carbons (Fsp3) is 0.192. The number of carbonyl (C=O) groups excluding carboxylic acids is 1. The fourth-order valence-electron chi connectivity index (χ4n) is 3.49. The van der Waals surface area contributed by atoms with E-state index in [2.05, 4.69) is 60.5 Å². The van der Waals surface area contributed by atoms with Crippen LogP contribution in [0.5, 0.6) is 0 Å². The van der Waals surface area contributed by atoms with Crippen molar-refractivity contribution in [3.63, 3.8) is 0 Å². The molecule has 0 bridgehead atoms. The summed E-state index contributed by atoms with van der Waals surface area (Å²) < 4.78 is 1.76. The number of amides is 1. The lowest BCUT2D eigenvalue weighted by atomic mass is 10.0. The van der Waals surface area contributed by atoms with E-state index < -0.39 is 0 Å². The van der Waals surface area contributed by atoms with E-state index in [1.807, 2.05) is 32.0 Å². The summed E-state index contributed by atoms with van der Waals surface area (Å²) in [4.78, 5) is 17.3. The molecule has 2 heterocycles. The lowest BCUT2D eigenvalue weighted by molar-refractivity contribution is 0.0943. The Bertz CT molecular complexity index is 1240. The van der Waals surface area contributed by atoms with Crippen LogP contribution in [0, 0.1) is 27.7 Å². The van der Waals surface area contributed by atoms with E-state index in [1.54, 1.807) is 17.1 Å². The van der Waals surface area contributed by atoms with Gasteiger partial charge in [0.25, 0.3) is 5.91 Å². The van der Waals surface area contributed by atoms with Gasteiger partial charge in [0.15, 0.2) is 0 Å². The summed E-state index contributed by atoms with van der Waals surface area (Å²) in [5.41, 5.74) is 8.72. The van der Waals surface area contributed by atoms with Gasteiger partial charge in [-0.1, -0.05) is 30.3 Å². The molecule has 0 saturated carbocycles. The maximum absolute atomic E-state index is 13.2. The third-order valence-electron chi connectivity index (χ3n) is 5.51. The van der Waals surface area contributed by atoms with Gasteiger partial charge in [-0.25, -0.2) is 4.68 Å². The first-order chi connectivity index (χ1) is 14.9. The molecule has 2 aromatic carbocycles. The van der Waals surface area contributed by atoms with Crippen molar-refractivity contribution in [1.82, 2.24) is 20.1 Å². The summed E-state index contributed by atoms with van der Waals surface area (Å²) in [5, 5.41) is 7.85. The molecular weight excluding hydrogens is 384 g/mol. The average molecular weight is 411 g/mol. The Morgan fingerprint density at radius 3 is 2.48 bits per heavy atom. The number of aromatic nitrogens is 3. The smallest absolute Gasteiger partial charge is 0.270 e. The van der Waals surface area contributed by atoms with Crippen LogP contribution in [0.15, 0.2) is 67.0 Å². The van der Waals surface area contributed by atoms with Crippen molar-refractivity contribution in [3.8, 4) is 16.9 Å². The highest BCUT2D eigenvalue weighted by Gasteiger charge is 2.19. The van der Waals surface area contributed by atoms with E-state index in [0.717, 1.165) is 33.6 Å². The molecular formula is C26H26N4O. The van der Waals surface area contributed by atoms with Crippen molar-refractivity contribution < 1.29 is 4.79 Å². The van der Waals surface area contributed by atoms with Crippen molar-refractivity contribution in [2.45, 2.75) is 34.2 Å². The Labute approximate surface area is 182 Å². The van der Waals surface area contributed by atoms with E-state index >= 15 is 0 Å². The Balaban J connectivity index is 1.76. The van der Waals surface area contributed by atoms with Crippen LogP contribution in [-0.2, 0) is 6.54 Å². The van der Waals surface area contributed by atoms with Gasteiger partial charge in [-0.2, -0.15) is 5.10 Å². The SMILES string of the molecule is Cc1ccc(C)c(-n2nc(-c3ccc(C)c(C)c3)cc2C(=O)NCc2cccnc2)c1. The molecule has 4 rings (SSSR count). The van der Waals surface area contributed by atoms with Crippen molar-refractivity contribution in [3.05, 3.63) is 101 Å². The van der Waals surface area contributed by atoms with Crippen molar-refractivity contribution in [2.24, 2.45) is 0 Å². The second kappa shape index (κ2) is 8.56. The zero-order valence-electron chi connectivity index (χ0n) is 18.3. The van der Waals surface area contributed by atoms with Gasteiger partial charge in [-0.3, -0.25) is 9.78 Å². The molecule has 4 aromatic rings. The molecule has 1 N–H and O–H groups in total. The predicted molar refractivity (Wildman–Crippen MR) is 123 cm³/mol. The lowest BCUT2D eigenvalue weighted by Crippen LogP contribution is -2.25. The molecule has 5 heteroatoms. The van der Waals surface area contributed by atoms with Gasteiger partial charge in [0.05, 0.1) is 11.4 Å². The van der Waals surface area contributed by atoms with Gasteiger partial charge in [0.1, 0.15) is 5.69 Å². The molecule has 31 heavy (non-hydrogen) atoms. The van der Waals surface area contributed by atoms with Crippen LogP contribution < -0.4 is 5.32 Å². The van der Waals surface area contributed by atoms with Crippen molar-refractivity contribution in [1.29, 1.82) is 0 Å². The van der Waals surface area contributed by atoms with Crippen molar-refractivity contribution >= 4 is 5.91 Å². The van der Waals surface area contributed by atoms with Crippen LogP contribution in [0.4, 0.5) is 0 Å². The topological polar surface area (TPSA) is 59.8 Å². The summed E-state index contributed by atoms with van der Waals surface area (Å²) in [6, 6.07) is 18.1. The van der Waals surface area contributed by atoms with Crippen LogP contribution in [0.2, 0.25) is 0 Å².